The zero-order chi connectivity index (χ0) is 22.1. The van der Waals surface area contributed by atoms with Gasteiger partial charge in [-0.2, -0.15) is 0 Å². The molecular formula is C26H23NO4. The summed E-state index contributed by atoms with van der Waals surface area (Å²) in [4.78, 5) is 27.3. The number of Topliss-reactive ketones (excluding diaryl/α,β-unsaturated/α-hetero) is 1. The molecule has 5 nitrogen and oxygen atoms in total. The topological polar surface area (TPSA) is 55.8 Å². The Balaban J connectivity index is 1.57. The fourth-order valence-electron chi connectivity index (χ4n) is 3.35. The SMILES string of the molecule is Cc1ccc(C(=O)Oc2ccc3c(c2C)O/C(=C\c2ccc(N(C)C)cc2)C3=O)cc1. The van der Waals surface area contributed by atoms with Gasteiger partial charge in [0, 0.05) is 25.3 Å². The van der Waals surface area contributed by atoms with Gasteiger partial charge in [0.05, 0.1) is 11.1 Å². The first kappa shape index (κ1) is 20.4. The summed E-state index contributed by atoms with van der Waals surface area (Å²) in [5.74, 6) is 0.400. The van der Waals surface area contributed by atoms with Crippen LogP contribution in [0.25, 0.3) is 6.08 Å². The fourth-order valence-corrected chi connectivity index (χ4v) is 3.35. The van der Waals surface area contributed by atoms with Crippen LogP contribution < -0.4 is 14.4 Å². The molecule has 0 amide bonds. The van der Waals surface area contributed by atoms with E-state index in [1.54, 1.807) is 37.3 Å². The summed E-state index contributed by atoms with van der Waals surface area (Å²) in [5.41, 5.74) is 4.53. The summed E-state index contributed by atoms with van der Waals surface area (Å²) < 4.78 is 11.5. The number of benzene rings is 3. The average Bonchev–Trinajstić information content (AvgIpc) is 3.07. The third-order valence-electron chi connectivity index (χ3n) is 5.23. The second kappa shape index (κ2) is 8.11. The molecule has 1 aliphatic rings. The Morgan fingerprint density at radius 2 is 1.61 bits per heavy atom. The second-order valence-electron chi connectivity index (χ2n) is 7.75. The standard InChI is InChI=1S/C26H23NO4/c1-16-5-9-19(10-6-16)26(29)31-22-14-13-21-24(28)23(30-25(21)17(22)2)15-18-7-11-20(12-8-18)27(3)4/h5-15H,1-4H3/b23-15-. The molecule has 0 spiro atoms. The van der Waals surface area contributed by atoms with Crippen molar-refractivity contribution >= 4 is 23.5 Å². The lowest BCUT2D eigenvalue weighted by Crippen LogP contribution is -2.09. The van der Waals surface area contributed by atoms with Crippen LogP contribution in [0.1, 0.15) is 37.4 Å². The third kappa shape index (κ3) is 4.08. The van der Waals surface area contributed by atoms with Crippen molar-refractivity contribution in [2.24, 2.45) is 0 Å². The maximum absolute atomic E-state index is 12.8. The summed E-state index contributed by atoms with van der Waals surface area (Å²) in [5, 5.41) is 0. The molecule has 4 rings (SSSR count). The van der Waals surface area contributed by atoms with Crippen LogP contribution in [0.4, 0.5) is 5.69 Å². The minimum absolute atomic E-state index is 0.189. The molecule has 0 saturated carbocycles. The highest BCUT2D eigenvalue weighted by atomic mass is 16.5. The molecule has 0 fully saturated rings. The average molecular weight is 413 g/mol. The van der Waals surface area contributed by atoms with Gasteiger partial charge in [0.25, 0.3) is 0 Å². The monoisotopic (exact) mass is 413 g/mol. The summed E-state index contributed by atoms with van der Waals surface area (Å²) in [6.45, 7) is 3.73. The molecule has 1 aliphatic heterocycles. The van der Waals surface area contributed by atoms with Crippen LogP contribution >= 0.6 is 0 Å². The van der Waals surface area contributed by atoms with Crippen LogP contribution in [-0.2, 0) is 0 Å². The van der Waals surface area contributed by atoms with E-state index in [9.17, 15) is 9.59 Å². The normalized spacial score (nSPS) is 13.7. The number of hydrogen-bond donors (Lipinski definition) is 0. The number of ketones is 1. The number of hydrogen-bond acceptors (Lipinski definition) is 5. The molecule has 0 atom stereocenters. The van der Waals surface area contributed by atoms with E-state index < -0.39 is 5.97 Å². The van der Waals surface area contributed by atoms with E-state index in [-0.39, 0.29) is 11.5 Å². The van der Waals surface area contributed by atoms with Gasteiger partial charge in [-0.3, -0.25) is 4.79 Å². The Morgan fingerprint density at radius 3 is 2.26 bits per heavy atom. The van der Waals surface area contributed by atoms with Crippen molar-refractivity contribution in [2.45, 2.75) is 13.8 Å². The number of aryl methyl sites for hydroxylation is 1. The van der Waals surface area contributed by atoms with E-state index in [1.807, 2.05) is 62.3 Å². The Morgan fingerprint density at radius 1 is 0.935 bits per heavy atom. The Kier molecular flexibility index (Phi) is 5.34. The van der Waals surface area contributed by atoms with Crippen molar-refractivity contribution in [2.75, 3.05) is 19.0 Å². The van der Waals surface area contributed by atoms with Gasteiger partial charge in [-0.1, -0.05) is 29.8 Å². The number of esters is 1. The van der Waals surface area contributed by atoms with Crippen molar-refractivity contribution in [3.05, 3.63) is 94.2 Å². The number of carbonyl (C=O) groups is 2. The molecule has 3 aromatic rings. The van der Waals surface area contributed by atoms with Crippen LogP contribution in [0.5, 0.6) is 11.5 Å². The van der Waals surface area contributed by atoms with Gasteiger partial charge >= 0.3 is 5.97 Å². The number of fused-ring (bicyclic) bond motifs is 1. The molecule has 0 bridgehead atoms. The lowest BCUT2D eigenvalue weighted by atomic mass is 10.1. The highest BCUT2D eigenvalue weighted by Gasteiger charge is 2.30. The predicted octanol–water partition coefficient (Wildman–Crippen LogP) is 5.20. The minimum Gasteiger partial charge on any atom is -0.452 e. The molecule has 0 radical (unpaired) electrons. The van der Waals surface area contributed by atoms with Gasteiger partial charge < -0.3 is 14.4 Å². The summed E-state index contributed by atoms with van der Waals surface area (Å²) >= 11 is 0. The van der Waals surface area contributed by atoms with Gasteiger partial charge in [-0.05, 0) is 61.9 Å². The van der Waals surface area contributed by atoms with Crippen LogP contribution in [0.15, 0.2) is 66.4 Å². The van der Waals surface area contributed by atoms with Crippen molar-refractivity contribution in [3.63, 3.8) is 0 Å². The van der Waals surface area contributed by atoms with Crippen LogP contribution in [0.3, 0.4) is 0 Å². The minimum atomic E-state index is -0.455. The van der Waals surface area contributed by atoms with Crippen LogP contribution in [0.2, 0.25) is 0 Å². The molecule has 0 aliphatic carbocycles. The van der Waals surface area contributed by atoms with Gasteiger partial charge in [0.2, 0.25) is 5.78 Å². The largest absolute Gasteiger partial charge is 0.452 e. The molecule has 1 heterocycles. The number of carbonyl (C=O) groups excluding carboxylic acids is 2. The fraction of sp³-hybridized carbons (Fsp3) is 0.154. The zero-order valence-corrected chi connectivity index (χ0v) is 17.9. The number of anilines is 1. The molecule has 0 aromatic heterocycles. The second-order valence-corrected chi connectivity index (χ2v) is 7.75. The van der Waals surface area contributed by atoms with Crippen molar-refractivity contribution in [1.29, 1.82) is 0 Å². The maximum atomic E-state index is 12.8. The molecule has 156 valence electrons. The first-order chi connectivity index (χ1) is 14.8. The van der Waals surface area contributed by atoms with E-state index in [4.69, 9.17) is 9.47 Å². The van der Waals surface area contributed by atoms with Gasteiger partial charge in [-0.15, -0.1) is 0 Å². The molecule has 5 heteroatoms. The highest BCUT2D eigenvalue weighted by Crippen LogP contribution is 2.39. The van der Waals surface area contributed by atoms with Gasteiger partial charge in [0.1, 0.15) is 11.5 Å². The van der Waals surface area contributed by atoms with E-state index in [2.05, 4.69) is 0 Å². The van der Waals surface area contributed by atoms with Gasteiger partial charge in [-0.25, -0.2) is 4.79 Å². The Labute approximate surface area is 181 Å². The van der Waals surface area contributed by atoms with Crippen molar-refractivity contribution < 1.29 is 19.1 Å². The first-order valence-corrected chi connectivity index (χ1v) is 9.97. The number of allylic oxidation sites excluding steroid dienone is 1. The lowest BCUT2D eigenvalue weighted by molar-refractivity contribution is 0.0733. The molecule has 31 heavy (non-hydrogen) atoms. The summed E-state index contributed by atoms with van der Waals surface area (Å²) in [6.07, 6.45) is 1.72. The smallest absolute Gasteiger partial charge is 0.343 e. The molecule has 0 N–H and O–H groups in total. The maximum Gasteiger partial charge on any atom is 0.343 e. The third-order valence-corrected chi connectivity index (χ3v) is 5.23. The lowest BCUT2D eigenvalue weighted by Gasteiger charge is -2.12. The summed E-state index contributed by atoms with van der Waals surface area (Å²) in [6, 6.07) is 18.3. The number of rotatable bonds is 4. The molecule has 0 unspecified atom stereocenters. The number of ether oxygens (including phenoxy) is 2. The van der Waals surface area contributed by atoms with Crippen molar-refractivity contribution in [3.8, 4) is 11.5 Å². The molecule has 3 aromatic carbocycles. The zero-order valence-electron chi connectivity index (χ0n) is 17.9. The predicted molar refractivity (Wildman–Crippen MR) is 121 cm³/mol. The van der Waals surface area contributed by atoms with Gasteiger partial charge in [0.15, 0.2) is 5.76 Å². The Hall–Kier alpha value is -3.86. The van der Waals surface area contributed by atoms with Crippen LogP contribution in [-0.4, -0.2) is 25.8 Å². The molecular weight excluding hydrogens is 390 g/mol. The van der Waals surface area contributed by atoms with E-state index in [0.717, 1.165) is 16.8 Å². The highest BCUT2D eigenvalue weighted by molar-refractivity contribution is 6.15. The quantitative estimate of drug-likeness (QED) is 0.334. The van der Waals surface area contributed by atoms with E-state index in [1.165, 1.54) is 0 Å². The first-order valence-electron chi connectivity index (χ1n) is 9.97. The summed E-state index contributed by atoms with van der Waals surface area (Å²) in [7, 11) is 3.94. The number of nitrogens with zero attached hydrogens (tertiary/aromatic N) is 1. The van der Waals surface area contributed by atoms with Crippen molar-refractivity contribution in [1.82, 2.24) is 0 Å². The van der Waals surface area contributed by atoms with Crippen LogP contribution in [0, 0.1) is 13.8 Å². The molecule has 0 saturated heterocycles. The Bertz CT molecular complexity index is 1190. The van der Waals surface area contributed by atoms with E-state index >= 15 is 0 Å². The van der Waals surface area contributed by atoms with E-state index in [0.29, 0.717) is 28.2 Å².